The first-order chi connectivity index (χ1) is 11.2. The Hall–Kier alpha value is -2.04. The van der Waals surface area contributed by atoms with E-state index in [4.69, 9.17) is 15.2 Å². The van der Waals surface area contributed by atoms with Crippen molar-refractivity contribution in [3.8, 4) is 0 Å². The molecule has 0 aliphatic carbocycles. The van der Waals surface area contributed by atoms with Crippen LogP contribution in [0, 0.1) is 5.82 Å². The molecule has 1 unspecified atom stereocenters. The van der Waals surface area contributed by atoms with Crippen molar-refractivity contribution in [3.05, 3.63) is 29.6 Å². The summed E-state index contributed by atoms with van der Waals surface area (Å²) in [6.45, 7) is 2.07. The quantitative estimate of drug-likeness (QED) is 0.732. The van der Waals surface area contributed by atoms with Gasteiger partial charge in [-0.1, -0.05) is 0 Å². The molecule has 10 heteroatoms. The number of primary amides is 1. The summed E-state index contributed by atoms with van der Waals surface area (Å²) in [6, 6.07) is 2.81. The van der Waals surface area contributed by atoms with E-state index in [1.807, 2.05) is 0 Å². The Kier molecular flexibility index (Phi) is 5.52. The lowest BCUT2D eigenvalue weighted by atomic mass is 10.2. The van der Waals surface area contributed by atoms with E-state index in [-0.39, 0.29) is 31.2 Å². The predicted octanol–water partition coefficient (Wildman–Crippen LogP) is -0.123. The molecule has 2 N–H and O–H groups in total. The Morgan fingerprint density at radius 1 is 1.33 bits per heavy atom. The fraction of sp³-hybridized carbons (Fsp3) is 0.429. The maximum Gasteiger partial charge on any atom is 0.341 e. The van der Waals surface area contributed by atoms with Crippen molar-refractivity contribution in [3.63, 3.8) is 0 Å². The van der Waals surface area contributed by atoms with Gasteiger partial charge in [0.2, 0.25) is 10.0 Å². The number of sulfonamides is 1. The minimum Gasteiger partial charge on any atom is -0.449 e. The highest BCUT2D eigenvalue weighted by Crippen LogP contribution is 2.21. The van der Waals surface area contributed by atoms with Crippen LogP contribution in [0.1, 0.15) is 17.3 Å². The van der Waals surface area contributed by atoms with Gasteiger partial charge in [0.05, 0.1) is 23.7 Å². The van der Waals surface area contributed by atoms with Gasteiger partial charge in [0.15, 0.2) is 6.10 Å². The molecule has 0 radical (unpaired) electrons. The summed E-state index contributed by atoms with van der Waals surface area (Å²) in [4.78, 5) is 22.6. The molecular formula is C14H17FN2O6S. The Morgan fingerprint density at radius 3 is 2.54 bits per heavy atom. The second-order valence-corrected chi connectivity index (χ2v) is 7.05. The summed E-state index contributed by atoms with van der Waals surface area (Å²) in [5.74, 6) is -3.03. The number of esters is 1. The van der Waals surface area contributed by atoms with Crippen molar-refractivity contribution in [1.82, 2.24) is 4.31 Å². The Balaban J connectivity index is 2.31. The molecule has 132 valence electrons. The average molecular weight is 360 g/mol. The number of hydrogen-bond donors (Lipinski definition) is 1. The highest BCUT2D eigenvalue weighted by Gasteiger charge is 2.28. The van der Waals surface area contributed by atoms with Gasteiger partial charge < -0.3 is 15.2 Å². The summed E-state index contributed by atoms with van der Waals surface area (Å²) in [5, 5.41) is 0. The zero-order valence-corrected chi connectivity index (χ0v) is 13.7. The number of benzene rings is 1. The molecule has 1 atom stereocenters. The van der Waals surface area contributed by atoms with Crippen molar-refractivity contribution in [2.24, 2.45) is 5.73 Å². The van der Waals surface area contributed by atoms with Crippen LogP contribution in [-0.2, 0) is 24.3 Å². The molecule has 1 saturated heterocycles. The van der Waals surface area contributed by atoms with E-state index >= 15 is 0 Å². The summed E-state index contributed by atoms with van der Waals surface area (Å²) in [7, 11) is -3.89. The first-order valence-electron chi connectivity index (χ1n) is 7.11. The van der Waals surface area contributed by atoms with E-state index in [1.165, 1.54) is 11.2 Å². The lowest BCUT2D eigenvalue weighted by Gasteiger charge is -2.26. The number of hydrogen-bond acceptors (Lipinski definition) is 6. The molecule has 0 bridgehead atoms. The molecule has 2 rings (SSSR count). The number of morpholine rings is 1. The van der Waals surface area contributed by atoms with Crippen LogP contribution >= 0.6 is 0 Å². The molecule has 0 spiro atoms. The van der Waals surface area contributed by atoms with E-state index in [1.54, 1.807) is 0 Å². The SMILES string of the molecule is CC(OC(=O)c1cc(S(=O)(=O)N2CCOCC2)ccc1F)C(N)=O. The number of nitrogens with zero attached hydrogens (tertiary/aromatic N) is 1. The van der Waals surface area contributed by atoms with Gasteiger partial charge in [-0.05, 0) is 25.1 Å². The van der Waals surface area contributed by atoms with E-state index < -0.39 is 39.4 Å². The first-order valence-corrected chi connectivity index (χ1v) is 8.55. The molecule has 1 heterocycles. The molecule has 1 aromatic rings. The van der Waals surface area contributed by atoms with Gasteiger partial charge in [-0.15, -0.1) is 0 Å². The van der Waals surface area contributed by atoms with Crippen LogP contribution in [-0.4, -0.2) is 57.0 Å². The van der Waals surface area contributed by atoms with Crippen molar-refractivity contribution < 1.29 is 31.9 Å². The third kappa shape index (κ3) is 3.89. The number of carbonyl (C=O) groups is 2. The van der Waals surface area contributed by atoms with Gasteiger partial charge in [-0.25, -0.2) is 17.6 Å². The summed E-state index contributed by atoms with van der Waals surface area (Å²) >= 11 is 0. The number of halogens is 1. The third-order valence-corrected chi connectivity index (χ3v) is 5.34. The summed E-state index contributed by atoms with van der Waals surface area (Å²) in [6.07, 6.45) is -1.27. The first kappa shape index (κ1) is 18.3. The molecule has 1 fully saturated rings. The van der Waals surface area contributed by atoms with Crippen molar-refractivity contribution in [2.75, 3.05) is 26.3 Å². The average Bonchev–Trinajstić information content (AvgIpc) is 2.55. The Morgan fingerprint density at radius 2 is 1.96 bits per heavy atom. The van der Waals surface area contributed by atoms with E-state index in [0.717, 1.165) is 18.2 Å². The van der Waals surface area contributed by atoms with Gasteiger partial charge in [0, 0.05) is 13.1 Å². The standard InChI is InChI=1S/C14H17FN2O6S/c1-9(13(16)18)23-14(19)11-8-10(2-3-12(11)15)24(20,21)17-4-6-22-7-5-17/h2-3,8-9H,4-7H2,1H3,(H2,16,18). The van der Waals surface area contributed by atoms with Gasteiger partial charge in [-0.2, -0.15) is 4.31 Å². The van der Waals surface area contributed by atoms with Crippen LogP contribution < -0.4 is 5.73 Å². The van der Waals surface area contributed by atoms with Gasteiger partial charge in [-0.3, -0.25) is 4.79 Å². The molecule has 1 aliphatic heterocycles. The van der Waals surface area contributed by atoms with Crippen LogP contribution in [0.25, 0.3) is 0 Å². The Labute approximate surface area is 138 Å². The second-order valence-electron chi connectivity index (χ2n) is 5.11. The molecule has 0 saturated carbocycles. The number of carbonyl (C=O) groups excluding carboxylic acids is 2. The van der Waals surface area contributed by atoms with Crippen LogP contribution in [0.5, 0.6) is 0 Å². The largest absolute Gasteiger partial charge is 0.449 e. The van der Waals surface area contributed by atoms with Crippen LogP contribution in [0.3, 0.4) is 0 Å². The fourth-order valence-electron chi connectivity index (χ4n) is 2.04. The topological polar surface area (TPSA) is 116 Å². The zero-order chi connectivity index (χ0) is 17.9. The fourth-order valence-corrected chi connectivity index (χ4v) is 3.47. The highest BCUT2D eigenvalue weighted by atomic mass is 32.2. The normalized spacial score (nSPS) is 17.2. The number of amides is 1. The van der Waals surface area contributed by atoms with E-state index in [9.17, 15) is 22.4 Å². The number of nitrogens with two attached hydrogens (primary N) is 1. The minimum atomic E-state index is -3.89. The lowest BCUT2D eigenvalue weighted by Crippen LogP contribution is -2.40. The Bertz CT molecular complexity index is 746. The maximum atomic E-state index is 13.9. The van der Waals surface area contributed by atoms with Crippen LogP contribution in [0.4, 0.5) is 4.39 Å². The maximum absolute atomic E-state index is 13.9. The lowest BCUT2D eigenvalue weighted by molar-refractivity contribution is -0.125. The molecular weight excluding hydrogens is 343 g/mol. The van der Waals surface area contributed by atoms with Crippen molar-refractivity contribution in [2.45, 2.75) is 17.9 Å². The van der Waals surface area contributed by atoms with Gasteiger partial charge >= 0.3 is 5.97 Å². The molecule has 0 aromatic heterocycles. The molecule has 24 heavy (non-hydrogen) atoms. The predicted molar refractivity (Wildman–Crippen MR) is 80.0 cm³/mol. The minimum absolute atomic E-state index is 0.165. The molecule has 1 amide bonds. The number of ether oxygens (including phenoxy) is 2. The highest BCUT2D eigenvalue weighted by molar-refractivity contribution is 7.89. The van der Waals surface area contributed by atoms with Crippen LogP contribution in [0.2, 0.25) is 0 Å². The van der Waals surface area contributed by atoms with Crippen molar-refractivity contribution in [1.29, 1.82) is 0 Å². The zero-order valence-electron chi connectivity index (χ0n) is 12.9. The molecule has 1 aromatic carbocycles. The molecule has 8 nitrogen and oxygen atoms in total. The van der Waals surface area contributed by atoms with Gasteiger partial charge in [0.1, 0.15) is 5.82 Å². The molecule has 1 aliphatic rings. The monoisotopic (exact) mass is 360 g/mol. The number of rotatable bonds is 5. The smallest absolute Gasteiger partial charge is 0.341 e. The van der Waals surface area contributed by atoms with E-state index in [2.05, 4.69) is 0 Å². The van der Waals surface area contributed by atoms with Gasteiger partial charge in [0.25, 0.3) is 5.91 Å². The summed E-state index contributed by atoms with van der Waals surface area (Å²) < 4.78 is 49.9. The van der Waals surface area contributed by atoms with E-state index in [0.29, 0.717) is 0 Å². The second kappa shape index (κ2) is 7.24. The van der Waals surface area contributed by atoms with Crippen molar-refractivity contribution >= 4 is 21.9 Å². The third-order valence-electron chi connectivity index (χ3n) is 3.45. The summed E-state index contributed by atoms with van der Waals surface area (Å²) in [5.41, 5.74) is 4.39. The van der Waals surface area contributed by atoms with Crippen LogP contribution in [0.15, 0.2) is 23.1 Å².